The third-order valence-electron chi connectivity index (χ3n) is 8.74. The van der Waals surface area contributed by atoms with Crippen LogP contribution in [0, 0.1) is 11.8 Å². The predicted octanol–water partition coefficient (Wildman–Crippen LogP) is 6.88. The Kier molecular flexibility index (Phi) is 15.3. The summed E-state index contributed by atoms with van der Waals surface area (Å²) in [4.78, 5) is 55.5. The van der Waals surface area contributed by atoms with E-state index in [-0.39, 0.29) is 29.9 Å². The van der Waals surface area contributed by atoms with E-state index >= 15 is 0 Å². The van der Waals surface area contributed by atoms with Gasteiger partial charge in [0.05, 0.1) is 12.0 Å². The Hall–Kier alpha value is -3.36. The summed E-state index contributed by atoms with van der Waals surface area (Å²) >= 11 is 0. The summed E-state index contributed by atoms with van der Waals surface area (Å²) in [7, 11) is 0. The number of nitrogens with zero attached hydrogens (tertiary/aromatic N) is 1. The van der Waals surface area contributed by atoms with Crippen LogP contribution in [0.15, 0.2) is 42.5 Å². The van der Waals surface area contributed by atoms with Crippen LogP contribution in [0.3, 0.4) is 0 Å². The molecule has 0 radical (unpaired) electrons. The number of esters is 1. The molecule has 47 heavy (non-hydrogen) atoms. The molecule has 262 valence electrons. The van der Waals surface area contributed by atoms with E-state index in [0.717, 1.165) is 50.5 Å². The van der Waals surface area contributed by atoms with Crippen molar-refractivity contribution >= 4 is 23.9 Å². The fourth-order valence-corrected chi connectivity index (χ4v) is 6.40. The molecule has 1 aliphatic carbocycles. The lowest BCUT2D eigenvalue weighted by molar-refractivity contribution is -0.155. The van der Waals surface area contributed by atoms with Gasteiger partial charge in [-0.15, -0.1) is 0 Å². The highest BCUT2D eigenvalue weighted by Crippen LogP contribution is 2.25. The molecule has 2 fully saturated rings. The number of hydrogen-bond acceptors (Lipinski definition) is 6. The van der Waals surface area contributed by atoms with Crippen LogP contribution in [-0.4, -0.2) is 65.2 Å². The van der Waals surface area contributed by atoms with Crippen LogP contribution >= 0.6 is 0 Å². The summed E-state index contributed by atoms with van der Waals surface area (Å²) in [5.74, 6) is -1.07. The standard InChI is InChI=1S/C38H59N3O6/c1-7-8-20-32(36(44)46-31-18-13-10-14-19-31)40-34(42)33-21-15-24-41(33)35(43)29(26-28-16-11-9-12-17-28)22-23-30(25-27(2)3)39-37(45)47-38(4,5)6/h9,11-12,16-17,22-23,27,29-33H,7-8,10,13-15,18-21,24-26H2,1-6H3,(H,39,45)(H,40,42)/b23-22+/t29-,30-,32?,33-/m1/s1. The third kappa shape index (κ3) is 13.3. The number of unbranched alkanes of at least 4 members (excludes halogenated alkanes) is 1. The zero-order chi connectivity index (χ0) is 34.4. The summed E-state index contributed by atoms with van der Waals surface area (Å²) in [6.45, 7) is 12.1. The maximum absolute atomic E-state index is 14.3. The molecule has 1 saturated carbocycles. The molecule has 1 heterocycles. The molecule has 0 spiro atoms. The summed E-state index contributed by atoms with van der Waals surface area (Å²) < 4.78 is 11.3. The Bertz CT molecular complexity index is 1170. The molecule has 0 aromatic heterocycles. The lowest BCUT2D eigenvalue weighted by atomic mass is 9.94. The molecule has 3 rings (SSSR count). The van der Waals surface area contributed by atoms with Gasteiger partial charge in [-0.05, 0) is 90.0 Å². The topological polar surface area (TPSA) is 114 Å². The number of carbonyl (C=O) groups excluding carboxylic acids is 4. The molecule has 4 atom stereocenters. The van der Waals surface area contributed by atoms with Crippen molar-refractivity contribution in [1.82, 2.24) is 15.5 Å². The monoisotopic (exact) mass is 653 g/mol. The van der Waals surface area contributed by atoms with Gasteiger partial charge in [0.1, 0.15) is 23.8 Å². The Labute approximate surface area is 282 Å². The van der Waals surface area contributed by atoms with E-state index in [1.807, 2.05) is 63.3 Å². The second-order valence-electron chi connectivity index (χ2n) is 14.7. The minimum Gasteiger partial charge on any atom is -0.461 e. The predicted molar refractivity (Wildman–Crippen MR) is 185 cm³/mol. The second kappa shape index (κ2) is 18.8. The molecule has 2 aliphatic rings. The zero-order valence-electron chi connectivity index (χ0n) is 29.6. The molecule has 1 saturated heterocycles. The molecule has 9 nitrogen and oxygen atoms in total. The average molecular weight is 654 g/mol. The normalized spacial score (nSPS) is 19.3. The van der Waals surface area contributed by atoms with E-state index in [0.29, 0.717) is 44.6 Å². The van der Waals surface area contributed by atoms with Crippen molar-refractivity contribution in [1.29, 1.82) is 0 Å². The number of alkyl carbamates (subject to hydrolysis) is 1. The molecular formula is C38H59N3O6. The van der Waals surface area contributed by atoms with Gasteiger partial charge >= 0.3 is 12.1 Å². The van der Waals surface area contributed by atoms with Crippen molar-refractivity contribution in [3.8, 4) is 0 Å². The van der Waals surface area contributed by atoms with Crippen LogP contribution in [0.5, 0.6) is 0 Å². The maximum Gasteiger partial charge on any atom is 0.408 e. The number of benzene rings is 1. The number of ether oxygens (including phenoxy) is 2. The lowest BCUT2D eigenvalue weighted by Gasteiger charge is -2.30. The van der Waals surface area contributed by atoms with Crippen molar-refractivity contribution in [2.75, 3.05) is 6.54 Å². The van der Waals surface area contributed by atoms with Crippen LogP contribution in [0.25, 0.3) is 0 Å². The van der Waals surface area contributed by atoms with Crippen LogP contribution < -0.4 is 10.6 Å². The quantitative estimate of drug-likeness (QED) is 0.158. The largest absolute Gasteiger partial charge is 0.461 e. The van der Waals surface area contributed by atoms with Crippen molar-refractivity contribution in [3.63, 3.8) is 0 Å². The fourth-order valence-electron chi connectivity index (χ4n) is 6.40. The van der Waals surface area contributed by atoms with Crippen LogP contribution in [0.2, 0.25) is 0 Å². The first-order valence-electron chi connectivity index (χ1n) is 17.9. The highest BCUT2D eigenvalue weighted by molar-refractivity contribution is 5.92. The van der Waals surface area contributed by atoms with Crippen molar-refractivity contribution in [2.45, 2.75) is 148 Å². The number of hydrogen-bond donors (Lipinski definition) is 2. The maximum atomic E-state index is 14.3. The highest BCUT2D eigenvalue weighted by Gasteiger charge is 2.38. The molecule has 9 heteroatoms. The van der Waals surface area contributed by atoms with Gasteiger partial charge in [-0.2, -0.15) is 0 Å². The second-order valence-corrected chi connectivity index (χ2v) is 14.7. The van der Waals surface area contributed by atoms with Gasteiger partial charge in [0.2, 0.25) is 11.8 Å². The molecule has 0 bridgehead atoms. The molecule has 2 N–H and O–H groups in total. The Balaban J connectivity index is 1.78. The zero-order valence-corrected chi connectivity index (χ0v) is 29.6. The van der Waals surface area contributed by atoms with Crippen LogP contribution in [0.4, 0.5) is 4.79 Å². The lowest BCUT2D eigenvalue weighted by Crippen LogP contribution is -2.52. The molecule has 1 aromatic rings. The average Bonchev–Trinajstić information content (AvgIpc) is 3.51. The van der Waals surface area contributed by atoms with Gasteiger partial charge in [0.25, 0.3) is 0 Å². The fraction of sp³-hybridized carbons (Fsp3) is 0.684. The summed E-state index contributed by atoms with van der Waals surface area (Å²) in [5, 5.41) is 5.94. The molecule has 1 unspecified atom stereocenters. The number of likely N-dealkylation sites (tertiary alicyclic amines) is 1. The number of amides is 3. The van der Waals surface area contributed by atoms with E-state index in [1.54, 1.807) is 4.90 Å². The number of rotatable bonds is 15. The van der Waals surface area contributed by atoms with Crippen molar-refractivity contribution in [3.05, 3.63) is 48.0 Å². The minimum atomic E-state index is -0.724. The van der Waals surface area contributed by atoms with Crippen molar-refractivity contribution in [2.24, 2.45) is 11.8 Å². The van der Waals surface area contributed by atoms with Gasteiger partial charge in [0, 0.05) is 6.54 Å². The van der Waals surface area contributed by atoms with E-state index < -0.39 is 29.7 Å². The van der Waals surface area contributed by atoms with Gasteiger partial charge in [-0.1, -0.05) is 82.5 Å². The smallest absolute Gasteiger partial charge is 0.408 e. The number of carbonyl (C=O) groups is 4. The highest BCUT2D eigenvalue weighted by atomic mass is 16.6. The minimum absolute atomic E-state index is 0.0864. The third-order valence-corrected chi connectivity index (χ3v) is 8.74. The molecule has 1 aliphatic heterocycles. The van der Waals surface area contributed by atoms with E-state index in [9.17, 15) is 19.2 Å². The Morgan fingerprint density at radius 2 is 1.66 bits per heavy atom. The number of nitrogens with one attached hydrogen (secondary N) is 2. The summed E-state index contributed by atoms with van der Waals surface area (Å²) in [6.07, 6.45) is 12.7. The van der Waals surface area contributed by atoms with Gasteiger partial charge < -0.3 is 25.0 Å². The van der Waals surface area contributed by atoms with Crippen LogP contribution in [-0.2, 0) is 30.3 Å². The van der Waals surface area contributed by atoms with Gasteiger partial charge in [0.15, 0.2) is 0 Å². The molecular weight excluding hydrogens is 594 g/mol. The first-order chi connectivity index (χ1) is 22.4. The first-order valence-corrected chi connectivity index (χ1v) is 17.9. The van der Waals surface area contributed by atoms with Gasteiger partial charge in [-0.25, -0.2) is 9.59 Å². The van der Waals surface area contributed by atoms with E-state index in [1.165, 1.54) is 0 Å². The summed E-state index contributed by atoms with van der Waals surface area (Å²) in [5.41, 5.74) is 0.372. The molecule has 3 amide bonds. The Morgan fingerprint density at radius 1 is 0.957 bits per heavy atom. The first kappa shape index (κ1) is 38.1. The summed E-state index contributed by atoms with van der Waals surface area (Å²) in [6, 6.07) is 8.09. The van der Waals surface area contributed by atoms with E-state index in [2.05, 4.69) is 31.4 Å². The molecule has 1 aromatic carbocycles. The van der Waals surface area contributed by atoms with Crippen molar-refractivity contribution < 1.29 is 28.7 Å². The van der Waals surface area contributed by atoms with Crippen LogP contribution in [0.1, 0.15) is 118 Å². The Morgan fingerprint density at radius 3 is 2.30 bits per heavy atom. The van der Waals surface area contributed by atoms with E-state index in [4.69, 9.17) is 9.47 Å². The van der Waals surface area contributed by atoms with Gasteiger partial charge in [-0.3, -0.25) is 9.59 Å². The SMILES string of the molecule is CCCCC(NC(=O)[C@H]1CCCN1C(=O)[C@H](/C=C/[C@H](CC(C)C)NC(=O)OC(C)(C)C)Cc1ccccc1)C(=O)OC1CCCCC1.